The number of piperidine rings is 1. The Kier molecular flexibility index (Phi) is 10.1. The van der Waals surface area contributed by atoms with Crippen molar-refractivity contribution in [3.63, 3.8) is 0 Å². The van der Waals surface area contributed by atoms with E-state index in [2.05, 4.69) is 26.7 Å². The van der Waals surface area contributed by atoms with Gasteiger partial charge in [-0.25, -0.2) is 9.37 Å². The smallest absolute Gasteiger partial charge is 0.254 e. The van der Waals surface area contributed by atoms with Crippen LogP contribution in [0.1, 0.15) is 44.0 Å². The molecule has 0 unspecified atom stereocenters. The van der Waals surface area contributed by atoms with Crippen molar-refractivity contribution < 1.29 is 28.2 Å². The molecule has 2 aliphatic rings. The molecule has 0 aliphatic carbocycles. The number of pyridine rings is 2. The van der Waals surface area contributed by atoms with Gasteiger partial charge in [-0.2, -0.15) is 5.26 Å². The summed E-state index contributed by atoms with van der Waals surface area (Å²) < 4.78 is 27.1. The van der Waals surface area contributed by atoms with Crippen molar-refractivity contribution in [3.8, 4) is 17.6 Å². The summed E-state index contributed by atoms with van der Waals surface area (Å²) in [4.78, 5) is 52.1. The van der Waals surface area contributed by atoms with Gasteiger partial charge in [0, 0.05) is 68.4 Å². The van der Waals surface area contributed by atoms with Gasteiger partial charge in [0.1, 0.15) is 29.2 Å². The number of hydrogen-bond acceptors (Lipinski definition) is 9. The second-order valence-electron chi connectivity index (χ2n) is 11.9. The molecule has 0 spiro atoms. The summed E-state index contributed by atoms with van der Waals surface area (Å²) in [5.74, 6) is -1.17. The number of aromatic nitrogens is 2. The lowest BCUT2D eigenvalue weighted by atomic mass is 10.0. The Labute approximate surface area is 282 Å². The highest BCUT2D eigenvalue weighted by Crippen LogP contribution is 2.29. The van der Waals surface area contributed by atoms with E-state index in [0.717, 1.165) is 5.69 Å². The fourth-order valence-electron chi connectivity index (χ4n) is 5.92. The van der Waals surface area contributed by atoms with Crippen LogP contribution in [-0.2, 0) is 22.6 Å². The highest BCUT2D eigenvalue weighted by Gasteiger charge is 2.33. The summed E-state index contributed by atoms with van der Waals surface area (Å²) in [6.07, 6.45) is 3.81. The zero-order valence-corrected chi connectivity index (χ0v) is 26.8. The molecule has 250 valence electrons. The number of carbonyl (C=O) groups excluding carboxylic acids is 3. The maximum Gasteiger partial charge on any atom is 0.254 e. The van der Waals surface area contributed by atoms with Gasteiger partial charge in [-0.05, 0) is 66.6 Å². The minimum Gasteiger partial charge on any atom is -0.457 e. The largest absolute Gasteiger partial charge is 0.457 e. The van der Waals surface area contributed by atoms with Gasteiger partial charge in [-0.15, -0.1) is 0 Å². The van der Waals surface area contributed by atoms with E-state index in [1.165, 1.54) is 42.3 Å². The number of hydrogen-bond donors (Lipinski definition) is 2. The Morgan fingerprint density at radius 2 is 1.92 bits per heavy atom. The molecule has 2 aromatic carbocycles. The normalized spacial score (nSPS) is 18.1. The van der Waals surface area contributed by atoms with Gasteiger partial charge >= 0.3 is 0 Å². The number of nitrogens with one attached hydrogen (secondary N) is 2. The summed E-state index contributed by atoms with van der Waals surface area (Å²) in [5, 5.41) is 15.5. The van der Waals surface area contributed by atoms with Crippen molar-refractivity contribution in [1.29, 1.82) is 5.26 Å². The van der Waals surface area contributed by atoms with E-state index < -0.39 is 35.7 Å². The van der Waals surface area contributed by atoms with Gasteiger partial charge in [0.15, 0.2) is 0 Å². The lowest BCUT2D eigenvalue weighted by Gasteiger charge is -2.39. The maximum atomic E-state index is 14.8. The van der Waals surface area contributed by atoms with Gasteiger partial charge in [-0.3, -0.25) is 19.4 Å². The summed E-state index contributed by atoms with van der Waals surface area (Å²) in [6, 6.07) is 19.0. The van der Waals surface area contributed by atoms with E-state index in [-0.39, 0.29) is 42.3 Å². The van der Waals surface area contributed by atoms with Crippen LogP contribution in [0.4, 0.5) is 10.2 Å². The van der Waals surface area contributed by atoms with Crippen LogP contribution in [0.15, 0.2) is 79.1 Å². The quantitative estimate of drug-likeness (QED) is 0.327. The molecule has 6 rings (SSSR count). The molecular weight excluding hydrogens is 629 g/mol. The van der Waals surface area contributed by atoms with Crippen LogP contribution in [0, 0.1) is 17.1 Å². The Bertz CT molecular complexity index is 1900. The Hall–Kier alpha value is -5.87. The van der Waals surface area contributed by atoms with E-state index >= 15 is 0 Å². The number of benzene rings is 2. The third-order valence-electron chi connectivity index (χ3n) is 8.27. The van der Waals surface area contributed by atoms with Gasteiger partial charge in [0.05, 0.1) is 30.9 Å². The number of fused-ring (bicyclic) bond motifs is 5. The number of likely N-dealkylation sites (N-methyl/N-ethyl adjacent to an activating group) is 1. The van der Waals surface area contributed by atoms with Gasteiger partial charge in [-0.1, -0.05) is 6.07 Å². The molecule has 2 N–H and O–H groups in total. The second kappa shape index (κ2) is 14.9. The summed E-state index contributed by atoms with van der Waals surface area (Å²) in [7, 11) is 1.48. The van der Waals surface area contributed by atoms with E-state index in [4.69, 9.17) is 9.47 Å². The number of nitrogens with zero attached hydrogens (tertiary/aromatic N) is 5. The van der Waals surface area contributed by atoms with Crippen LogP contribution < -0.4 is 20.3 Å². The number of carbonyl (C=O) groups is 3. The van der Waals surface area contributed by atoms with E-state index in [0.29, 0.717) is 42.9 Å². The van der Waals surface area contributed by atoms with Crippen LogP contribution >= 0.6 is 0 Å². The number of anilines is 1. The van der Waals surface area contributed by atoms with Crippen LogP contribution in [-0.4, -0.2) is 78.0 Å². The fraction of sp³-hybridized carbons (Fsp3) is 0.278. The average Bonchev–Trinajstić information content (AvgIpc) is 3.10. The van der Waals surface area contributed by atoms with E-state index in [1.807, 2.05) is 23.1 Å². The Balaban J connectivity index is 1.27. The third kappa shape index (κ3) is 8.17. The molecule has 2 aromatic heterocycles. The molecule has 3 amide bonds. The van der Waals surface area contributed by atoms with Crippen molar-refractivity contribution in [1.82, 2.24) is 25.5 Å². The molecule has 0 radical (unpaired) electrons. The summed E-state index contributed by atoms with van der Waals surface area (Å²) in [6.45, 7) is 0.844. The van der Waals surface area contributed by atoms with Gasteiger partial charge in [0.25, 0.3) is 11.8 Å². The first kappa shape index (κ1) is 33.0. The highest BCUT2D eigenvalue weighted by molar-refractivity contribution is 6.01. The molecule has 4 heterocycles. The minimum atomic E-state index is -0.560. The zero-order valence-electron chi connectivity index (χ0n) is 26.8. The number of halogens is 1. The van der Waals surface area contributed by atoms with E-state index in [1.54, 1.807) is 30.6 Å². The molecule has 1 saturated heterocycles. The standard InChI is InChI=1S/C36H34FN7O5/c1-43-21-33(45)42-31-20-44(34-24(19-38)5-4-10-40-34)12-8-32(31)48-22-23-13-27(37)18-29(14-23)49-30-16-25(15-26(17-30)36(43)47)35(46)41-11-7-28-6-2-3-9-39-28/h2-6,9-10,13-18,31-32H,7-8,11-12,20-22H2,1H3,(H,41,46)(H,42,45)/t31-,32+/m1/s1. The first-order valence-electron chi connectivity index (χ1n) is 15.8. The SMILES string of the molecule is CN1CC(=O)N[C@@H]2CN(c3ncccc3C#N)CC[C@@H]2OCc2cc(F)cc(c2)Oc2cc(C(=O)NCCc3ccccn3)cc(c2)C1=O. The number of nitriles is 1. The van der Waals surface area contributed by atoms with Crippen molar-refractivity contribution >= 4 is 23.5 Å². The van der Waals surface area contributed by atoms with Crippen LogP contribution in [0.2, 0.25) is 0 Å². The molecule has 4 bridgehead atoms. The number of amides is 3. The Morgan fingerprint density at radius 1 is 1.08 bits per heavy atom. The molecule has 13 heteroatoms. The second-order valence-corrected chi connectivity index (χ2v) is 11.9. The lowest BCUT2D eigenvalue weighted by Crippen LogP contribution is -2.57. The summed E-state index contributed by atoms with van der Waals surface area (Å²) in [5.41, 5.74) is 1.96. The lowest BCUT2D eigenvalue weighted by molar-refractivity contribution is -0.123. The zero-order chi connectivity index (χ0) is 34.3. The van der Waals surface area contributed by atoms with Crippen LogP contribution in [0.25, 0.3) is 0 Å². The summed E-state index contributed by atoms with van der Waals surface area (Å²) >= 11 is 0. The topological polar surface area (TPSA) is 150 Å². The predicted octanol–water partition coefficient (Wildman–Crippen LogP) is 3.62. The average molecular weight is 664 g/mol. The molecule has 12 nitrogen and oxygen atoms in total. The molecular formula is C36H34FN7O5. The molecule has 1 fully saturated rings. The third-order valence-corrected chi connectivity index (χ3v) is 8.27. The van der Waals surface area contributed by atoms with E-state index in [9.17, 15) is 24.0 Å². The van der Waals surface area contributed by atoms with Crippen LogP contribution in [0.5, 0.6) is 11.5 Å². The van der Waals surface area contributed by atoms with Crippen molar-refractivity contribution in [2.24, 2.45) is 0 Å². The molecule has 49 heavy (non-hydrogen) atoms. The minimum absolute atomic E-state index is 0.0283. The molecule has 0 saturated carbocycles. The maximum absolute atomic E-state index is 14.8. The first-order valence-corrected chi connectivity index (χ1v) is 15.8. The van der Waals surface area contributed by atoms with Crippen molar-refractivity contribution in [2.75, 3.05) is 38.1 Å². The van der Waals surface area contributed by atoms with Crippen LogP contribution in [0.3, 0.4) is 0 Å². The van der Waals surface area contributed by atoms with Crippen molar-refractivity contribution in [2.45, 2.75) is 31.6 Å². The number of ether oxygens (including phenoxy) is 2. The monoisotopic (exact) mass is 663 g/mol. The highest BCUT2D eigenvalue weighted by atomic mass is 19.1. The molecule has 2 aliphatic heterocycles. The fourth-order valence-corrected chi connectivity index (χ4v) is 5.92. The van der Waals surface area contributed by atoms with Crippen molar-refractivity contribution in [3.05, 3.63) is 113 Å². The van der Waals surface area contributed by atoms with Gasteiger partial charge < -0.3 is 29.9 Å². The number of rotatable bonds is 5. The van der Waals surface area contributed by atoms with Gasteiger partial charge in [0.2, 0.25) is 5.91 Å². The molecule has 2 atom stereocenters. The molecule has 4 aromatic rings. The predicted molar refractivity (Wildman–Crippen MR) is 176 cm³/mol. The Morgan fingerprint density at radius 3 is 2.73 bits per heavy atom. The first-order chi connectivity index (χ1) is 23.7.